The SMILES string of the molecule is C[N+](C)(C)CC(CC(=O)[O-])OC(=O)CCCC/C=C/C(=O)O. The number of nitrogens with zero attached hydrogens (tertiary/aromatic N) is 1. The highest BCUT2D eigenvalue weighted by molar-refractivity contribution is 5.79. The van der Waals surface area contributed by atoms with Crippen LogP contribution in [0.25, 0.3) is 0 Å². The van der Waals surface area contributed by atoms with Crippen molar-refractivity contribution in [2.45, 2.75) is 38.2 Å². The molecule has 7 heteroatoms. The monoisotopic (exact) mass is 315 g/mol. The number of ether oxygens (including phenoxy) is 1. The molecule has 1 N–H and O–H groups in total. The van der Waals surface area contributed by atoms with Crippen LogP contribution in [-0.2, 0) is 19.1 Å². The lowest BCUT2D eigenvalue weighted by molar-refractivity contribution is -0.873. The quantitative estimate of drug-likeness (QED) is 0.248. The summed E-state index contributed by atoms with van der Waals surface area (Å²) in [7, 11) is 5.64. The molecule has 0 amide bonds. The van der Waals surface area contributed by atoms with Gasteiger partial charge in [-0.15, -0.1) is 0 Å². The lowest BCUT2D eigenvalue weighted by atomic mass is 10.2. The van der Waals surface area contributed by atoms with Gasteiger partial charge in [0.05, 0.1) is 21.1 Å². The second-order valence-electron chi connectivity index (χ2n) is 6.15. The van der Waals surface area contributed by atoms with Crippen molar-refractivity contribution in [2.75, 3.05) is 27.7 Å². The van der Waals surface area contributed by atoms with Crippen molar-refractivity contribution in [2.24, 2.45) is 0 Å². The van der Waals surface area contributed by atoms with Crippen LogP contribution in [0.2, 0.25) is 0 Å². The Morgan fingerprint density at radius 1 is 1.23 bits per heavy atom. The van der Waals surface area contributed by atoms with E-state index in [1.165, 1.54) is 6.08 Å². The van der Waals surface area contributed by atoms with Crippen LogP contribution < -0.4 is 5.11 Å². The average molecular weight is 315 g/mol. The third-order valence-electron chi connectivity index (χ3n) is 2.71. The zero-order valence-electron chi connectivity index (χ0n) is 13.4. The van der Waals surface area contributed by atoms with Crippen molar-refractivity contribution in [1.82, 2.24) is 0 Å². The van der Waals surface area contributed by atoms with Crippen molar-refractivity contribution in [3.05, 3.63) is 12.2 Å². The fraction of sp³-hybridized carbons (Fsp3) is 0.667. The molecule has 1 unspecified atom stereocenters. The van der Waals surface area contributed by atoms with Gasteiger partial charge in [0.15, 0.2) is 6.10 Å². The zero-order chi connectivity index (χ0) is 17.2. The first-order valence-electron chi connectivity index (χ1n) is 7.19. The van der Waals surface area contributed by atoms with Gasteiger partial charge in [-0.2, -0.15) is 0 Å². The Morgan fingerprint density at radius 3 is 2.36 bits per heavy atom. The summed E-state index contributed by atoms with van der Waals surface area (Å²) in [6.45, 7) is 0.390. The summed E-state index contributed by atoms with van der Waals surface area (Å²) in [5, 5.41) is 19.1. The highest BCUT2D eigenvalue weighted by Gasteiger charge is 2.22. The maximum absolute atomic E-state index is 11.7. The molecule has 0 aromatic heterocycles. The molecule has 0 fully saturated rings. The van der Waals surface area contributed by atoms with E-state index in [1.54, 1.807) is 0 Å². The number of carboxylic acid groups (broad SMARTS) is 2. The minimum absolute atomic E-state index is 0.182. The highest BCUT2D eigenvalue weighted by atomic mass is 16.5. The average Bonchev–Trinajstić information content (AvgIpc) is 2.29. The van der Waals surface area contributed by atoms with Crippen molar-refractivity contribution >= 4 is 17.9 Å². The van der Waals surface area contributed by atoms with E-state index >= 15 is 0 Å². The zero-order valence-corrected chi connectivity index (χ0v) is 13.4. The molecule has 1 atom stereocenters. The van der Waals surface area contributed by atoms with E-state index in [0.717, 1.165) is 6.08 Å². The van der Waals surface area contributed by atoms with E-state index in [4.69, 9.17) is 9.84 Å². The molecule has 0 radical (unpaired) electrons. The third kappa shape index (κ3) is 13.1. The minimum Gasteiger partial charge on any atom is -0.550 e. The van der Waals surface area contributed by atoms with E-state index < -0.39 is 24.0 Å². The lowest BCUT2D eigenvalue weighted by Gasteiger charge is -2.29. The molecular formula is C15H25NO6. The summed E-state index contributed by atoms with van der Waals surface area (Å²) in [5.41, 5.74) is 0. The Labute approximate surface area is 130 Å². The van der Waals surface area contributed by atoms with Crippen molar-refractivity contribution in [3.63, 3.8) is 0 Å². The Morgan fingerprint density at radius 2 is 1.86 bits per heavy atom. The van der Waals surface area contributed by atoms with Crippen molar-refractivity contribution in [1.29, 1.82) is 0 Å². The second-order valence-corrected chi connectivity index (χ2v) is 6.15. The number of carboxylic acids is 2. The van der Waals surface area contributed by atoms with Crippen LogP contribution in [0.1, 0.15) is 32.1 Å². The molecule has 0 bridgehead atoms. The molecule has 126 valence electrons. The topological polar surface area (TPSA) is 104 Å². The minimum atomic E-state index is -1.25. The number of rotatable bonds is 11. The summed E-state index contributed by atoms with van der Waals surface area (Å²) in [6, 6.07) is 0. The number of unbranched alkanes of at least 4 members (excludes halogenated alkanes) is 2. The first-order chi connectivity index (χ1) is 10.1. The maximum atomic E-state index is 11.7. The van der Waals surface area contributed by atoms with Gasteiger partial charge < -0.3 is 24.2 Å². The molecule has 7 nitrogen and oxygen atoms in total. The Hall–Kier alpha value is -1.89. The fourth-order valence-corrected chi connectivity index (χ4v) is 1.90. The fourth-order valence-electron chi connectivity index (χ4n) is 1.90. The summed E-state index contributed by atoms with van der Waals surface area (Å²) in [6.07, 6.45) is 3.55. The van der Waals surface area contributed by atoms with Crippen LogP contribution in [-0.4, -0.2) is 61.3 Å². The number of esters is 1. The first-order valence-corrected chi connectivity index (χ1v) is 7.19. The Balaban J connectivity index is 4.12. The molecule has 0 rings (SSSR count). The van der Waals surface area contributed by atoms with E-state index in [0.29, 0.717) is 30.3 Å². The molecule has 0 aromatic carbocycles. The van der Waals surface area contributed by atoms with Crippen LogP contribution in [0.15, 0.2) is 12.2 Å². The van der Waals surface area contributed by atoms with Crippen LogP contribution in [0.5, 0.6) is 0 Å². The van der Waals surface area contributed by atoms with Crippen LogP contribution in [0.4, 0.5) is 0 Å². The van der Waals surface area contributed by atoms with Gasteiger partial charge in [-0.3, -0.25) is 4.79 Å². The van der Waals surface area contributed by atoms with E-state index in [1.807, 2.05) is 21.1 Å². The third-order valence-corrected chi connectivity index (χ3v) is 2.71. The molecule has 0 aliphatic rings. The molecule has 0 saturated carbocycles. The number of aliphatic carboxylic acids is 2. The Kier molecular flexibility index (Phi) is 9.09. The van der Waals surface area contributed by atoms with Crippen LogP contribution in [0, 0.1) is 0 Å². The van der Waals surface area contributed by atoms with Gasteiger partial charge in [-0.25, -0.2) is 4.79 Å². The number of carbonyl (C=O) groups excluding carboxylic acids is 2. The molecule has 22 heavy (non-hydrogen) atoms. The number of likely N-dealkylation sites (N-methyl/N-ethyl adjacent to an activating group) is 1. The first kappa shape index (κ1) is 20.1. The number of carbonyl (C=O) groups is 3. The maximum Gasteiger partial charge on any atom is 0.327 e. The highest BCUT2D eigenvalue weighted by Crippen LogP contribution is 2.08. The lowest BCUT2D eigenvalue weighted by Crippen LogP contribution is -2.45. The van der Waals surface area contributed by atoms with Gasteiger partial charge in [-0.1, -0.05) is 6.08 Å². The summed E-state index contributed by atoms with van der Waals surface area (Å²) < 4.78 is 5.67. The summed E-state index contributed by atoms with van der Waals surface area (Å²) in [5.74, 6) is -2.68. The molecule has 0 heterocycles. The standard InChI is InChI=1S/C15H25NO6/c1-16(2,3)11-12(10-14(19)20)22-15(21)9-7-5-4-6-8-13(17)18/h6,8,12H,4-5,7,9-11H2,1-3H3,(H-,17,18,19,20)/b8-6+. The summed E-state index contributed by atoms with van der Waals surface area (Å²) in [4.78, 5) is 32.7. The van der Waals surface area contributed by atoms with Gasteiger partial charge in [0.25, 0.3) is 0 Å². The van der Waals surface area contributed by atoms with Crippen LogP contribution in [0.3, 0.4) is 0 Å². The molecule has 0 spiro atoms. The van der Waals surface area contributed by atoms with Gasteiger partial charge in [0.2, 0.25) is 0 Å². The number of quaternary nitrogens is 1. The van der Waals surface area contributed by atoms with Gasteiger partial charge in [0.1, 0.15) is 6.54 Å². The van der Waals surface area contributed by atoms with Crippen molar-refractivity contribution < 1.29 is 33.8 Å². The van der Waals surface area contributed by atoms with Gasteiger partial charge >= 0.3 is 11.9 Å². The van der Waals surface area contributed by atoms with E-state index in [9.17, 15) is 19.5 Å². The van der Waals surface area contributed by atoms with Gasteiger partial charge in [0, 0.05) is 24.9 Å². The predicted molar refractivity (Wildman–Crippen MR) is 77.6 cm³/mol. The van der Waals surface area contributed by atoms with Gasteiger partial charge in [-0.05, 0) is 19.3 Å². The van der Waals surface area contributed by atoms with Crippen LogP contribution >= 0.6 is 0 Å². The molecular weight excluding hydrogens is 290 g/mol. The number of allylic oxidation sites excluding steroid dienone is 1. The van der Waals surface area contributed by atoms with E-state index in [2.05, 4.69) is 0 Å². The normalized spacial score (nSPS) is 13.0. The molecule has 0 aliphatic carbocycles. The number of hydrogen-bond acceptors (Lipinski definition) is 5. The van der Waals surface area contributed by atoms with E-state index in [-0.39, 0.29) is 12.8 Å². The summed E-state index contributed by atoms with van der Waals surface area (Å²) >= 11 is 0. The van der Waals surface area contributed by atoms with Crippen molar-refractivity contribution in [3.8, 4) is 0 Å². The molecule has 0 aliphatic heterocycles. The number of hydrogen-bond donors (Lipinski definition) is 1. The largest absolute Gasteiger partial charge is 0.550 e. The predicted octanol–water partition coefficient (Wildman–Crippen LogP) is -0.0544. The Bertz CT molecular complexity index is 411. The smallest absolute Gasteiger partial charge is 0.327 e. The second kappa shape index (κ2) is 9.94. The molecule has 0 aromatic rings. The molecule has 0 saturated heterocycles.